The van der Waals surface area contributed by atoms with Crippen molar-refractivity contribution in [2.24, 2.45) is 5.73 Å². The number of halogens is 1. The van der Waals surface area contributed by atoms with Gasteiger partial charge >= 0.3 is 0 Å². The molecule has 1 aromatic carbocycles. The fourth-order valence-electron chi connectivity index (χ4n) is 0.999. The monoisotopic (exact) mass is 213 g/mol. The van der Waals surface area contributed by atoms with Gasteiger partial charge in [0.1, 0.15) is 0 Å². The summed E-state index contributed by atoms with van der Waals surface area (Å²) in [7, 11) is 0. The highest BCUT2D eigenvalue weighted by molar-refractivity contribution is 9.10. The molecule has 11 heavy (non-hydrogen) atoms. The Balaban J connectivity index is 2.56. The first-order valence-electron chi connectivity index (χ1n) is 3.77. The van der Waals surface area contributed by atoms with Gasteiger partial charge in [0.25, 0.3) is 0 Å². The SMILES string of the molecule is NCCCc1cccc(Br)c1. The minimum Gasteiger partial charge on any atom is -0.330 e. The van der Waals surface area contributed by atoms with Crippen molar-refractivity contribution in [3.63, 3.8) is 0 Å². The quantitative estimate of drug-likeness (QED) is 0.820. The predicted octanol–water partition coefficient (Wildman–Crippen LogP) is 2.34. The van der Waals surface area contributed by atoms with Crippen LogP contribution in [0.15, 0.2) is 28.7 Å². The molecule has 1 nitrogen and oxygen atoms in total. The normalized spacial score (nSPS) is 10.0. The average Bonchev–Trinajstić information content (AvgIpc) is 2.01. The molecular formula is C9H12BrN. The van der Waals surface area contributed by atoms with Crippen LogP contribution < -0.4 is 5.73 Å². The summed E-state index contributed by atoms with van der Waals surface area (Å²) < 4.78 is 1.15. The molecule has 0 heterocycles. The summed E-state index contributed by atoms with van der Waals surface area (Å²) in [5.74, 6) is 0. The lowest BCUT2D eigenvalue weighted by molar-refractivity contribution is 0.832. The zero-order chi connectivity index (χ0) is 8.10. The Morgan fingerprint density at radius 3 is 2.82 bits per heavy atom. The third kappa shape index (κ3) is 3.04. The molecule has 0 atom stereocenters. The topological polar surface area (TPSA) is 26.0 Å². The lowest BCUT2D eigenvalue weighted by Crippen LogP contribution is -1.99. The predicted molar refractivity (Wildman–Crippen MR) is 51.5 cm³/mol. The largest absolute Gasteiger partial charge is 0.330 e. The van der Waals surface area contributed by atoms with E-state index < -0.39 is 0 Å². The van der Waals surface area contributed by atoms with Crippen LogP contribution in [0.4, 0.5) is 0 Å². The van der Waals surface area contributed by atoms with Crippen LogP contribution in [-0.2, 0) is 6.42 Å². The Hall–Kier alpha value is -0.340. The van der Waals surface area contributed by atoms with Crippen LogP contribution in [0.3, 0.4) is 0 Å². The van der Waals surface area contributed by atoms with E-state index >= 15 is 0 Å². The van der Waals surface area contributed by atoms with Gasteiger partial charge in [-0.1, -0.05) is 28.1 Å². The minimum atomic E-state index is 0.770. The van der Waals surface area contributed by atoms with E-state index in [0.717, 1.165) is 23.9 Å². The van der Waals surface area contributed by atoms with Crippen LogP contribution in [0, 0.1) is 0 Å². The van der Waals surface area contributed by atoms with Gasteiger partial charge in [-0.2, -0.15) is 0 Å². The summed E-state index contributed by atoms with van der Waals surface area (Å²) in [6, 6.07) is 8.35. The molecule has 0 aromatic heterocycles. The van der Waals surface area contributed by atoms with E-state index in [0.29, 0.717) is 0 Å². The van der Waals surface area contributed by atoms with E-state index in [9.17, 15) is 0 Å². The molecule has 0 aliphatic heterocycles. The number of aryl methyl sites for hydroxylation is 1. The Morgan fingerprint density at radius 1 is 1.36 bits per heavy atom. The van der Waals surface area contributed by atoms with Gasteiger partial charge in [-0.25, -0.2) is 0 Å². The van der Waals surface area contributed by atoms with Gasteiger partial charge in [-0.15, -0.1) is 0 Å². The Morgan fingerprint density at radius 2 is 2.18 bits per heavy atom. The van der Waals surface area contributed by atoms with Gasteiger partial charge in [-0.05, 0) is 37.1 Å². The van der Waals surface area contributed by atoms with Crippen molar-refractivity contribution < 1.29 is 0 Å². The zero-order valence-electron chi connectivity index (χ0n) is 6.39. The van der Waals surface area contributed by atoms with Crippen LogP contribution in [0.5, 0.6) is 0 Å². The number of rotatable bonds is 3. The van der Waals surface area contributed by atoms with E-state index in [-0.39, 0.29) is 0 Å². The Kier molecular flexibility index (Phi) is 3.60. The molecule has 0 bridgehead atoms. The van der Waals surface area contributed by atoms with E-state index in [1.165, 1.54) is 5.56 Å². The fourth-order valence-corrected chi connectivity index (χ4v) is 1.45. The number of hydrogen-bond donors (Lipinski definition) is 1. The third-order valence-electron chi connectivity index (χ3n) is 1.56. The molecule has 0 unspecified atom stereocenters. The molecule has 0 fully saturated rings. The van der Waals surface area contributed by atoms with Crippen molar-refractivity contribution >= 4 is 15.9 Å². The molecule has 0 aliphatic rings. The molecule has 0 radical (unpaired) electrons. The van der Waals surface area contributed by atoms with E-state index in [1.54, 1.807) is 0 Å². The number of hydrogen-bond acceptors (Lipinski definition) is 1. The molecule has 0 spiro atoms. The molecule has 2 N–H and O–H groups in total. The van der Waals surface area contributed by atoms with Gasteiger partial charge in [0.15, 0.2) is 0 Å². The Labute approximate surface area is 75.7 Å². The molecular weight excluding hydrogens is 202 g/mol. The molecule has 0 aliphatic carbocycles. The second-order valence-corrected chi connectivity index (χ2v) is 3.44. The highest BCUT2D eigenvalue weighted by atomic mass is 79.9. The van der Waals surface area contributed by atoms with Crippen LogP contribution in [0.25, 0.3) is 0 Å². The third-order valence-corrected chi connectivity index (χ3v) is 2.05. The minimum absolute atomic E-state index is 0.770. The van der Waals surface area contributed by atoms with Crippen molar-refractivity contribution in [1.82, 2.24) is 0 Å². The molecule has 0 saturated carbocycles. The van der Waals surface area contributed by atoms with Crippen molar-refractivity contribution in [1.29, 1.82) is 0 Å². The van der Waals surface area contributed by atoms with E-state index in [4.69, 9.17) is 5.73 Å². The highest BCUT2D eigenvalue weighted by Crippen LogP contribution is 2.12. The summed E-state index contributed by atoms with van der Waals surface area (Å²) in [4.78, 5) is 0. The molecule has 2 heteroatoms. The van der Waals surface area contributed by atoms with Crippen molar-refractivity contribution in [3.05, 3.63) is 34.3 Å². The highest BCUT2D eigenvalue weighted by Gasteiger charge is 1.91. The standard InChI is InChI=1S/C9H12BrN/c10-9-5-1-3-8(7-9)4-2-6-11/h1,3,5,7H,2,4,6,11H2. The first-order valence-corrected chi connectivity index (χ1v) is 4.57. The Bertz CT molecular complexity index is 223. The van der Waals surface area contributed by atoms with Crippen molar-refractivity contribution in [2.75, 3.05) is 6.54 Å². The van der Waals surface area contributed by atoms with Crippen LogP contribution in [-0.4, -0.2) is 6.54 Å². The van der Waals surface area contributed by atoms with Crippen molar-refractivity contribution in [2.45, 2.75) is 12.8 Å². The molecule has 1 aromatic rings. The second-order valence-electron chi connectivity index (χ2n) is 2.52. The van der Waals surface area contributed by atoms with Gasteiger partial charge in [-0.3, -0.25) is 0 Å². The van der Waals surface area contributed by atoms with Crippen LogP contribution in [0.2, 0.25) is 0 Å². The summed E-state index contributed by atoms with van der Waals surface area (Å²) in [6.45, 7) is 0.770. The fraction of sp³-hybridized carbons (Fsp3) is 0.333. The summed E-state index contributed by atoms with van der Waals surface area (Å²) in [5.41, 5.74) is 6.75. The summed E-state index contributed by atoms with van der Waals surface area (Å²) in [5, 5.41) is 0. The molecule has 60 valence electrons. The summed E-state index contributed by atoms with van der Waals surface area (Å²) >= 11 is 3.42. The van der Waals surface area contributed by atoms with Gasteiger partial charge < -0.3 is 5.73 Å². The van der Waals surface area contributed by atoms with Gasteiger partial charge in [0, 0.05) is 4.47 Å². The lowest BCUT2D eigenvalue weighted by atomic mass is 10.1. The number of nitrogens with two attached hydrogens (primary N) is 1. The second kappa shape index (κ2) is 4.52. The zero-order valence-corrected chi connectivity index (χ0v) is 7.97. The van der Waals surface area contributed by atoms with Crippen molar-refractivity contribution in [3.8, 4) is 0 Å². The van der Waals surface area contributed by atoms with E-state index in [1.807, 2.05) is 6.07 Å². The maximum Gasteiger partial charge on any atom is 0.0177 e. The maximum atomic E-state index is 5.40. The van der Waals surface area contributed by atoms with Crippen LogP contribution >= 0.6 is 15.9 Å². The van der Waals surface area contributed by atoms with Gasteiger partial charge in [0.2, 0.25) is 0 Å². The first kappa shape index (κ1) is 8.75. The first-order chi connectivity index (χ1) is 5.33. The van der Waals surface area contributed by atoms with Crippen LogP contribution in [0.1, 0.15) is 12.0 Å². The van der Waals surface area contributed by atoms with Gasteiger partial charge in [0.05, 0.1) is 0 Å². The molecule has 0 saturated heterocycles. The molecule has 1 rings (SSSR count). The lowest BCUT2D eigenvalue weighted by Gasteiger charge is -1.98. The number of benzene rings is 1. The molecule has 0 amide bonds. The summed E-state index contributed by atoms with van der Waals surface area (Å²) in [6.07, 6.45) is 2.15. The van der Waals surface area contributed by atoms with E-state index in [2.05, 4.69) is 34.1 Å². The smallest absolute Gasteiger partial charge is 0.0177 e. The maximum absolute atomic E-state index is 5.40. The average molecular weight is 214 g/mol.